The van der Waals surface area contributed by atoms with Crippen molar-refractivity contribution in [2.24, 2.45) is 5.73 Å². The first kappa shape index (κ1) is 15.1. The van der Waals surface area contributed by atoms with Gasteiger partial charge in [0, 0.05) is 17.1 Å². The quantitative estimate of drug-likeness (QED) is 0.848. The zero-order valence-electron chi connectivity index (χ0n) is 10.4. The van der Waals surface area contributed by atoms with E-state index >= 15 is 0 Å². The summed E-state index contributed by atoms with van der Waals surface area (Å²) >= 11 is 3.18. The lowest BCUT2D eigenvalue weighted by molar-refractivity contribution is 0.0931. The number of amides is 1. The van der Waals surface area contributed by atoms with Crippen LogP contribution in [0.1, 0.15) is 36.5 Å². The summed E-state index contributed by atoms with van der Waals surface area (Å²) in [5.74, 6) is -0.959. The average Bonchev–Trinajstić information content (AvgIpc) is 2.34. The number of unbranched alkanes of at least 4 members (excludes halogenated alkanes) is 1. The Balaban J connectivity index is 2.75. The molecule has 0 aliphatic rings. The van der Waals surface area contributed by atoms with Crippen molar-refractivity contribution in [2.75, 3.05) is 6.54 Å². The molecule has 0 aromatic heterocycles. The highest BCUT2D eigenvalue weighted by Crippen LogP contribution is 2.19. The molecule has 1 amide bonds. The van der Waals surface area contributed by atoms with E-state index in [0.717, 1.165) is 19.3 Å². The molecular formula is C13H18BrFN2O. The van der Waals surface area contributed by atoms with E-state index in [9.17, 15) is 9.18 Å². The number of rotatable bonds is 6. The molecule has 1 aromatic rings. The van der Waals surface area contributed by atoms with Crippen LogP contribution in [-0.4, -0.2) is 18.5 Å². The van der Waals surface area contributed by atoms with Crippen LogP contribution in [0.4, 0.5) is 4.39 Å². The molecule has 3 N–H and O–H groups in total. The third kappa shape index (κ3) is 4.07. The van der Waals surface area contributed by atoms with E-state index in [-0.39, 0.29) is 11.6 Å². The Kier molecular flexibility index (Phi) is 6.29. The average molecular weight is 317 g/mol. The van der Waals surface area contributed by atoms with Crippen molar-refractivity contribution in [1.29, 1.82) is 0 Å². The van der Waals surface area contributed by atoms with E-state index in [0.29, 0.717) is 11.0 Å². The Hall–Kier alpha value is -0.940. The van der Waals surface area contributed by atoms with Crippen molar-refractivity contribution >= 4 is 21.8 Å². The van der Waals surface area contributed by atoms with Gasteiger partial charge in [-0.2, -0.15) is 0 Å². The smallest absolute Gasteiger partial charge is 0.255 e. The maximum atomic E-state index is 13.6. The van der Waals surface area contributed by atoms with Gasteiger partial charge in [-0.25, -0.2) is 4.39 Å². The molecule has 3 nitrogen and oxygen atoms in total. The van der Waals surface area contributed by atoms with Crippen LogP contribution < -0.4 is 11.1 Å². The lowest BCUT2D eigenvalue weighted by atomic mass is 10.1. The predicted octanol–water partition coefficient (Wildman–Crippen LogP) is 2.84. The van der Waals surface area contributed by atoms with Crippen molar-refractivity contribution in [1.82, 2.24) is 5.32 Å². The van der Waals surface area contributed by atoms with Gasteiger partial charge in [0.1, 0.15) is 5.82 Å². The van der Waals surface area contributed by atoms with Crippen LogP contribution in [0, 0.1) is 5.82 Å². The molecule has 0 heterocycles. The minimum Gasteiger partial charge on any atom is -0.348 e. The molecule has 100 valence electrons. The molecule has 18 heavy (non-hydrogen) atoms. The lowest BCUT2D eigenvalue weighted by Gasteiger charge is -2.17. The van der Waals surface area contributed by atoms with Crippen LogP contribution in [0.2, 0.25) is 0 Å². The summed E-state index contributed by atoms with van der Waals surface area (Å²) in [6.07, 6.45) is 2.83. The fraction of sp³-hybridized carbons (Fsp3) is 0.462. The van der Waals surface area contributed by atoms with Crippen LogP contribution in [0.25, 0.3) is 0 Å². The van der Waals surface area contributed by atoms with Crippen molar-refractivity contribution in [3.63, 3.8) is 0 Å². The van der Waals surface area contributed by atoms with Gasteiger partial charge in [-0.1, -0.05) is 25.8 Å². The van der Waals surface area contributed by atoms with E-state index < -0.39 is 11.7 Å². The molecule has 1 atom stereocenters. The summed E-state index contributed by atoms with van der Waals surface area (Å²) in [4.78, 5) is 12.0. The number of hydrogen-bond acceptors (Lipinski definition) is 2. The highest BCUT2D eigenvalue weighted by atomic mass is 79.9. The van der Waals surface area contributed by atoms with E-state index in [1.165, 1.54) is 6.07 Å². The van der Waals surface area contributed by atoms with Gasteiger partial charge in [-0.05, 0) is 34.5 Å². The molecule has 0 spiro atoms. The number of carbonyl (C=O) groups excluding carboxylic acids is 1. The maximum absolute atomic E-state index is 13.6. The SMILES string of the molecule is CCCCC(CN)NC(=O)c1c(F)cccc1Br. The second kappa shape index (κ2) is 7.48. The molecule has 1 rings (SSSR count). The highest BCUT2D eigenvalue weighted by molar-refractivity contribution is 9.10. The summed E-state index contributed by atoms with van der Waals surface area (Å²) in [6.45, 7) is 2.43. The van der Waals surface area contributed by atoms with E-state index in [2.05, 4.69) is 28.2 Å². The van der Waals surface area contributed by atoms with Crippen molar-refractivity contribution in [2.45, 2.75) is 32.2 Å². The zero-order valence-corrected chi connectivity index (χ0v) is 12.0. The van der Waals surface area contributed by atoms with Gasteiger partial charge in [0.15, 0.2) is 0 Å². The third-order valence-corrected chi connectivity index (χ3v) is 3.38. The molecule has 1 unspecified atom stereocenters. The van der Waals surface area contributed by atoms with Crippen LogP contribution >= 0.6 is 15.9 Å². The number of hydrogen-bond donors (Lipinski definition) is 2. The molecule has 0 saturated heterocycles. The van der Waals surface area contributed by atoms with Crippen LogP contribution in [0.5, 0.6) is 0 Å². The van der Waals surface area contributed by atoms with Crippen LogP contribution in [-0.2, 0) is 0 Å². The first-order chi connectivity index (χ1) is 8.60. The molecule has 0 radical (unpaired) electrons. The monoisotopic (exact) mass is 316 g/mol. The van der Waals surface area contributed by atoms with Gasteiger partial charge in [0.05, 0.1) is 5.56 Å². The highest BCUT2D eigenvalue weighted by Gasteiger charge is 2.18. The van der Waals surface area contributed by atoms with Gasteiger partial charge in [0.2, 0.25) is 0 Å². The third-order valence-electron chi connectivity index (χ3n) is 2.72. The van der Waals surface area contributed by atoms with Gasteiger partial charge in [-0.3, -0.25) is 4.79 Å². The number of nitrogens with one attached hydrogen (secondary N) is 1. The van der Waals surface area contributed by atoms with Gasteiger partial charge in [0.25, 0.3) is 5.91 Å². The summed E-state index contributed by atoms with van der Waals surface area (Å²) in [6, 6.07) is 4.35. The number of nitrogens with two attached hydrogens (primary N) is 1. The first-order valence-electron chi connectivity index (χ1n) is 6.05. The molecule has 0 saturated carbocycles. The van der Waals surface area contributed by atoms with E-state index in [1.54, 1.807) is 12.1 Å². The number of halogens is 2. The largest absolute Gasteiger partial charge is 0.348 e. The minimum absolute atomic E-state index is 0.0347. The van der Waals surface area contributed by atoms with Crippen molar-refractivity contribution < 1.29 is 9.18 Å². The second-order valence-corrected chi connectivity index (χ2v) is 5.00. The van der Waals surface area contributed by atoms with Gasteiger partial charge >= 0.3 is 0 Å². The number of carbonyl (C=O) groups is 1. The summed E-state index contributed by atoms with van der Waals surface area (Å²) < 4.78 is 14.0. The summed E-state index contributed by atoms with van der Waals surface area (Å²) in [5.41, 5.74) is 5.63. The Morgan fingerprint density at radius 3 is 2.83 bits per heavy atom. The molecule has 0 fully saturated rings. The first-order valence-corrected chi connectivity index (χ1v) is 6.84. The molecule has 0 aliphatic carbocycles. The molecule has 0 bridgehead atoms. The Morgan fingerprint density at radius 1 is 1.56 bits per heavy atom. The predicted molar refractivity (Wildman–Crippen MR) is 73.9 cm³/mol. The Bertz CT molecular complexity index is 392. The van der Waals surface area contributed by atoms with Crippen LogP contribution in [0.15, 0.2) is 22.7 Å². The number of benzene rings is 1. The standard InChI is InChI=1S/C13H18BrFN2O/c1-2-3-5-9(8-16)17-13(18)12-10(14)6-4-7-11(12)15/h4,6-7,9H,2-3,5,8,16H2,1H3,(H,17,18). The topological polar surface area (TPSA) is 55.1 Å². The lowest BCUT2D eigenvalue weighted by Crippen LogP contribution is -2.40. The van der Waals surface area contributed by atoms with Gasteiger partial charge < -0.3 is 11.1 Å². The molecule has 0 aliphatic heterocycles. The van der Waals surface area contributed by atoms with Crippen molar-refractivity contribution in [3.8, 4) is 0 Å². The zero-order chi connectivity index (χ0) is 13.5. The second-order valence-electron chi connectivity index (χ2n) is 4.14. The summed E-state index contributed by atoms with van der Waals surface area (Å²) in [7, 11) is 0. The van der Waals surface area contributed by atoms with E-state index in [4.69, 9.17) is 5.73 Å². The Labute approximate surface area is 115 Å². The minimum atomic E-state index is -0.534. The summed E-state index contributed by atoms with van der Waals surface area (Å²) in [5, 5.41) is 2.77. The van der Waals surface area contributed by atoms with E-state index in [1.807, 2.05) is 0 Å². The molecular weight excluding hydrogens is 299 g/mol. The fourth-order valence-electron chi connectivity index (χ4n) is 1.67. The van der Waals surface area contributed by atoms with Crippen molar-refractivity contribution in [3.05, 3.63) is 34.1 Å². The molecule has 1 aromatic carbocycles. The van der Waals surface area contributed by atoms with Gasteiger partial charge in [-0.15, -0.1) is 0 Å². The Morgan fingerprint density at radius 2 is 2.28 bits per heavy atom. The fourth-order valence-corrected chi connectivity index (χ4v) is 2.19. The molecule has 5 heteroatoms. The normalized spacial score (nSPS) is 12.2. The van der Waals surface area contributed by atoms with Crippen LogP contribution in [0.3, 0.4) is 0 Å². The maximum Gasteiger partial charge on any atom is 0.255 e.